The molecule has 0 radical (unpaired) electrons. The second-order valence-corrected chi connectivity index (χ2v) is 8.48. The third kappa shape index (κ3) is 23.3. The standard InChI is InChI=1S/C25H51N3O/c1-3-4-5-6-7-8-9-10-11-12-13-14-15-16-17-20-25(29)27-22-19-24-28(2)23-18-21-26/h10-11H,3-9,12-24,26H2,1-2H3,(H,27,29). The predicted octanol–water partition coefficient (Wildman–Crippen LogP) is 5.81. The quantitative estimate of drug-likeness (QED) is 0.175. The minimum Gasteiger partial charge on any atom is -0.356 e. The normalized spacial score (nSPS) is 11.6. The molecule has 0 bridgehead atoms. The maximum absolute atomic E-state index is 11.8. The van der Waals surface area contributed by atoms with Crippen molar-refractivity contribution in [3.63, 3.8) is 0 Å². The summed E-state index contributed by atoms with van der Waals surface area (Å²) in [6, 6.07) is 0. The van der Waals surface area contributed by atoms with E-state index in [0.29, 0.717) is 6.42 Å². The van der Waals surface area contributed by atoms with E-state index in [2.05, 4.69) is 36.3 Å². The third-order valence-electron chi connectivity index (χ3n) is 5.45. The molecule has 0 rings (SSSR count). The average Bonchev–Trinajstić information content (AvgIpc) is 2.72. The fourth-order valence-corrected chi connectivity index (χ4v) is 3.49. The highest BCUT2D eigenvalue weighted by atomic mass is 16.1. The van der Waals surface area contributed by atoms with Gasteiger partial charge in [0, 0.05) is 13.0 Å². The van der Waals surface area contributed by atoms with Crippen LogP contribution in [0.2, 0.25) is 0 Å². The van der Waals surface area contributed by atoms with Crippen molar-refractivity contribution in [1.29, 1.82) is 0 Å². The maximum atomic E-state index is 11.8. The summed E-state index contributed by atoms with van der Waals surface area (Å²) in [5, 5.41) is 3.04. The number of unbranched alkanes of at least 4 members (excludes halogenated alkanes) is 11. The predicted molar refractivity (Wildman–Crippen MR) is 128 cm³/mol. The SMILES string of the molecule is CCCCCCCCC=CCCCCCCCC(=O)NCCCN(C)CCCN. The Balaban J connectivity index is 3.27. The van der Waals surface area contributed by atoms with Gasteiger partial charge >= 0.3 is 0 Å². The molecular formula is C25H51N3O. The number of carbonyl (C=O) groups excluding carboxylic acids is 1. The van der Waals surface area contributed by atoms with E-state index in [1.807, 2.05) is 0 Å². The highest BCUT2D eigenvalue weighted by Crippen LogP contribution is 2.10. The van der Waals surface area contributed by atoms with Crippen molar-refractivity contribution in [2.75, 3.05) is 33.2 Å². The number of nitrogens with two attached hydrogens (primary N) is 1. The van der Waals surface area contributed by atoms with E-state index in [4.69, 9.17) is 5.73 Å². The van der Waals surface area contributed by atoms with Gasteiger partial charge in [-0.15, -0.1) is 0 Å². The molecule has 0 spiro atoms. The Bertz CT molecular complexity index is 371. The first kappa shape index (κ1) is 28.1. The van der Waals surface area contributed by atoms with Crippen molar-refractivity contribution < 1.29 is 4.79 Å². The Morgan fingerprint density at radius 3 is 1.97 bits per heavy atom. The summed E-state index contributed by atoms with van der Waals surface area (Å²) in [6.07, 6.45) is 24.3. The fourth-order valence-electron chi connectivity index (χ4n) is 3.49. The van der Waals surface area contributed by atoms with Crippen LogP contribution < -0.4 is 11.1 Å². The van der Waals surface area contributed by atoms with Gasteiger partial charge in [0.05, 0.1) is 0 Å². The number of hydrogen-bond donors (Lipinski definition) is 2. The molecule has 0 aromatic rings. The van der Waals surface area contributed by atoms with Crippen molar-refractivity contribution in [1.82, 2.24) is 10.2 Å². The molecular weight excluding hydrogens is 358 g/mol. The molecule has 0 aromatic carbocycles. The monoisotopic (exact) mass is 409 g/mol. The van der Waals surface area contributed by atoms with Crippen LogP contribution in [0, 0.1) is 0 Å². The summed E-state index contributed by atoms with van der Waals surface area (Å²) in [4.78, 5) is 14.1. The molecule has 0 saturated carbocycles. The molecule has 0 unspecified atom stereocenters. The molecule has 1 amide bonds. The Labute approximate surface area is 182 Å². The average molecular weight is 410 g/mol. The number of hydrogen-bond acceptors (Lipinski definition) is 3. The van der Waals surface area contributed by atoms with Crippen molar-refractivity contribution >= 4 is 5.91 Å². The first-order chi connectivity index (χ1) is 14.2. The molecule has 4 heteroatoms. The summed E-state index contributed by atoms with van der Waals surface area (Å²) in [7, 11) is 2.11. The number of rotatable bonds is 22. The van der Waals surface area contributed by atoms with Crippen molar-refractivity contribution in [3.8, 4) is 0 Å². The molecule has 0 aromatic heterocycles. The van der Waals surface area contributed by atoms with Crippen LogP contribution in [0.25, 0.3) is 0 Å². The lowest BCUT2D eigenvalue weighted by molar-refractivity contribution is -0.121. The highest BCUT2D eigenvalue weighted by molar-refractivity contribution is 5.75. The summed E-state index contributed by atoms with van der Waals surface area (Å²) in [5.41, 5.74) is 5.51. The topological polar surface area (TPSA) is 58.4 Å². The summed E-state index contributed by atoms with van der Waals surface area (Å²) in [5.74, 6) is 0.215. The Hall–Kier alpha value is -0.870. The molecule has 0 heterocycles. The summed E-state index contributed by atoms with van der Waals surface area (Å²) >= 11 is 0. The van der Waals surface area contributed by atoms with Gasteiger partial charge in [-0.3, -0.25) is 4.79 Å². The van der Waals surface area contributed by atoms with Crippen LogP contribution in [-0.4, -0.2) is 44.0 Å². The van der Waals surface area contributed by atoms with Crippen LogP contribution in [0.1, 0.15) is 110 Å². The fraction of sp³-hybridized carbons (Fsp3) is 0.880. The van der Waals surface area contributed by atoms with E-state index < -0.39 is 0 Å². The second kappa shape index (κ2) is 23.4. The maximum Gasteiger partial charge on any atom is 0.219 e. The van der Waals surface area contributed by atoms with E-state index in [1.165, 1.54) is 77.0 Å². The van der Waals surface area contributed by atoms with Gasteiger partial charge < -0.3 is 16.0 Å². The largest absolute Gasteiger partial charge is 0.356 e. The first-order valence-corrected chi connectivity index (χ1v) is 12.5. The van der Waals surface area contributed by atoms with Crippen molar-refractivity contribution in [3.05, 3.63) is 12.2 Å². The molecule has 172 valence electrons. The molecule has 3 N–H and O–H groups in total. The Kier molecular flexibility index (Phi) is 22.7. The van der Waals surface area contributed by atoms with Crippen LogP contribution in [0.4, 0.5) is 0 Å². The number of nitrogens with one attached hydrogen (secondary N) is 1. The van der Waals surface area contributed by atoms with Crippen LogP contribution in [0.5, 0.6) is 0 Å². The van der Waals surface area contributed by atoms with Gasteiger partial charge in [0.2, 0.25) is 5.91 Å². The van der Waals surface area contributed by atoms with Gasteiger partial charge in [0.25, 0.3) is 0 Å². The highest BCUT2D eigenvalue weighted by Gasteiger charge is 2.02. The van der Waals surface area contributed by atoms with Crippen LogP contribution in [-0.2, 0) is 4.79 Å². The van der Waals surface area contributed by atoms with Gasteiger partial charge in [0.1, 0.15) is 0 Å². The minimum atomic E-state index is 0.215. The zero-order valence-corrected chi connectivity index (χ0v) is 19.7. The Morgan fingerprint density at radius 2 is 1.34 bits per heavy atom. The molecule has 0 aliphatic carbocycles. The number of amides is 1. The van der Waals surface area contributed by atoms with Crippen LogP contribution in [0.3, 0.4) is 0 Å². The molecule has 4 nitrogen and oxygen atoms in total. The van der Waals surface area contributed by atoms with Gasteiger partial charge in [-0.05, 0) is 71.6 Å². The van der Waals surface area contributed by atoms with Crippen molar-refractivity contribution in [2.45, 2.75) is 110 Å². The molecule has 0 saturated heterocycles. The number of nitrogens with zero attached hydrogens (tertiary/aromatic N) is 1. The second-order valence-electron chi connectivity index (χ2n) is 8.48. The number of carbonyl (C=O) groups is 1. The van der Waals surface area contributed by atoms with E-state index >= 15 is 0 Å². The van der Waals surface area contributed by atoms with E-state index in [1.54, 1.807) is 0 Å². The van der Waals surface area contributed by atoms with E-state index in [9.17, 15) is 4.79 Å². The molecule has 29 heavy (non-hydrogen) atoms. The van der Waals surface area contributed by atoms with Gasteiger partial charge in [-0.2, -0.15) is 0 Å². The first-order valence-electron chi connectivity index (χ1n) is 12.5. The van der Waals surface area contributed by atoms with Gasteiger partial charge in [0.15, 0.2) is 0 Å². The molecule has 0 fully saturated rings. The van der Waals surface area contributed by atoms with Crippen molar-refractivity contribution in [2.24, 2.45) is 5.73 Å². The van der Waals surface area contributed by atoms with Gasteiger partial charge in [-0.1, -0.05) is 70.4 Å². The minimum absolute atomic E-state index is 0.215. The molecule has 0 atom stereocenters. The Morgan fingerprint density at radius 1 is 0.793 bits per heavy atom. The molecule has 0 aliphatic heterocycles. The van der Waals surface area contributed by atoms with Crippen LogP contribution >= 0.6 is 0 Å². The third-order valence-corrected chi connectivity index (χ3v) is 5.45. The number of allylic oxidation sites excluding steroid dienone is 2. The van der Waals surface area contributed by atoms with E-state index in [-0.39, 0.29) is 5.91 Å². The molecule has 0 aliphatic rings. The zero-order valence-electron chi connectivity index (χ0n) is 19.7. The lowest BCUT2D eigenvalue weighted by Gasteiger charge is -2.15. The lowest BCUT2D eigenvalue weighted by atomic mass is 10.1. The van der Waals surface area contributed by atoms with Crippen LogP contribution in [0.15, 0.2) is 12.2 Å². The zero-order chi connectivity index (χ0) is 21.4. The summed E-state index contributed by atoms with van der Waals surface area (Å²) in [6.45, 7) is 5.87. The lowest BCUT2D eigenvalue weighted by Crippen LogP contribution is -2.29. The van der Waals surface area contributed by atoms with E-state index in [0.717, 1.165) is 45.4 Å². The smallest absolute Gasteiger partial charge is 0.219 e. The van der Waals surface area contributed by atoms with Gasteiger partial charge in [-0.25, -0.2) is 0 Å². The summed E-state index contributed by atoms with van der Waals surface area (Å²) < 4.78 is 0.